The maximum atomic E-state index is 11.1. The van der Waals surface area contributed by atoms with E-state index >= 15 is 0 Å². The number of carboxylic acid groups (broad SMARTS) is 1. The molecule has 0 saturated carbocycles. The standard InChI is InChI=1S/C11H20N4O2/c1-7(2)8(3)9-12-13-14-15(9)6-11(4,5)10(16)17/h7-8H,6H2,1-5H3,(H,16,17). The number of nitrogens with zero attached hydrogens (tertiary/aromatic N) is 4. The van der Waals surface area contributed by atoms with Crippen LogP contribution in [0, 0.1) is 11.3 Å². The molecule has 17 heavy (non-hydrogen) atoms. The quantitative estimate of drug-likeness (QED) is 0.844. The second kappa shape index (κ2) is 4.81. The number of hydrogen-bond acceptors (Lipinski definition) is 4. The Kier molecular flexibility index (Phi) is 3.85. The highest BCUT2D eigenvalue weighted by molar-refractivity contribution is 5.73. The van der Waals surface area contributed by atoms with Gasteiger partial charge in [0, 0.05) is 5.92 Å². The van der Waals surface area contributed by atoms with Crippen molar-refractivity contribution in [1.29, 1.82) is 0 Å². The van der Waals surface area contributed by atoms with E-state index in [9.17, 15) is 4.79 Å². The fourth-order valence-electron chi connectivity index (χ4n) is 1.39. The molecule has 1 aromatic heterocycles. The molecule has 96 valence electrons. The number of carbonyl (C=O) groups is 1. The minimum absolute atomic E-state index is 0.203. The van der Waals surface area contributed by atoms with Gasteiger partial charge < -0.3 is 5.11 Å². The molecule has 0 spiro atoms. The van der Waals surface area contributed by atoms with Crippen molar-refractivity contribution in [2.45, 2.75) is 47.1 Å². The number of hydrogen-bond donors (Lipinski definition) is 1. The zero-order chi connectivity index (χ0) is 13.2. The molecule has 0 saturated heterocycles. The molecule has 0 aliphatic rings. The second-order valence-corrected chi connectivity index (χ2v) is 5.42. The normalized spacial score (nSPS) is 14.0. The number of aromatic nitrogens is 4. The van der Waals surface area contributed by atoms with E-state index in [0.717, 1.165) is 5.82 Å². The Morgan fingerprint density at radius 1 is 1.41 bits per heavy atom. The molecule has 1 unspecified atom stereocenters. The third-order valence-corrected chi connectivity index (χ3v) is 3.09. The van der Waals surface area contributed by atoms with Gasteiger partial charge in [0.15, 0.2) is 5.82 Å². The van der Waals surface area contributed by atoms with Gasteiger partial charge in [0.1, 0.15) is 0 Å². The van der Waals surface area contributed by atoms with Gasteiger partial charge in [0.25, 0.3) is 0 Å². The summed E-state index contributed by atoms with van der Waals surface area (Å²) in [5.41, 5.74) is -0.874. The van der Waals surface area contributed by atoms with E-state index in [1.807, 2.05) is 6.92 Å². The molecule has 0 bridgehead atoms. The highest BCUT2D eigenvalue weighted by atomic mass is 16.4. The summed E-state index contributed by atoms with van der Waals surface area (Å²) in [6.07, 6.45) is 0. The van der Waals surface area contributed by atoms with Crippen LogP contribution in [-0.4, -0.2) is 31.3 Å². The smallest absolute Gasteiger partial charge is 0.310 e. The Labute approximate surface area is 101 Å². The molecule has 0 aromatic carbocycles. The third kappa shape index (κ3) is 3.01. The summed E-state index contributed by atoms with van der Waals surface area (Å²) in [6, 6.07) is 0. The topological polar surface area (TPSA) is 80.9 Å². The summed E-state index contributed by atoms with van der Waals surface area (Å²) in [5, 5.41) is 20.6. The molecular weight excluding hydrogens is 220 g/mol. The lowest BCUT2D eigenvalue weighted by atomic mass is 9.93. The first-order valence-corrected chi connectivity index (χ1v) is 5.75. The predicted molar refractivity (Wildman–Crippen MR) is 62.5 cm³/mol. The molecule has 0 aliphatic carbocycles. The average Bonchev–Trinajstić information content (AvgIpc) is 2.63. The van der Waals surface area contributed by atoms with E-state index in [1.54, 1.807) is 18.5 Å². The van der Waals surface area contributed by atoms with Gasteiger partial charge in [-0.3, -0.25) is 4.79 Å². The van der Waals surface area contributed by atoms with Crippen molar-refractivity contribution < 1.29 is 9.90 Å². The van der Waals surface area contributed by atoms with Gasteiger partial charge in [0.05, 0.1) is 12.0 Å². The first kappa shape index (κ1) is 13.6. The van der Waals surface area contributed by atoms with E-state index in [2.05, 4.69) is 29.4 Å². The van der Waals surface area contributed by atoms with Gasteiger partial charge in [-0.25, -0.2) is 4.68 Å². The van der Waals surface area contributed by atoms with Crippen LogP contribution in [0.1, 0.15) is 46.4 Å². The van der Waals surface area contributed by atoms with Crippen LogP contribution >= 0.6 is 0 Å². The summed E-state index contributed by atoms with van der Waals surface area (Å²) < 4.78 is 1.60. The predicted octanol–water partition coefficient (Wildman–Crippen LogP) is 1.54. The Bertz CT molecular complexity index is 398. The molecular formula is C11H20N4O2. The van der Waals surface area contributed by atoms with Crippen LogP contribution in [0.3, 0.4) is 0 Å². The van der Waals surface area contributed by atoms with Crippen molar-refractivity contribution in [3.63, 3.8) is 0 Å². The molecule has 1 N–H and O–H groups in total. The molecule has 1 heterocycles. The molecule has 0 fully saturated rings. The average molecular weight is 240 g/mol. The Balaban J connectivity index is 2.94. The summed E-state index contributed by atoms with van der Waals surface area (Å²) >= 11 is 0. The van der Waals surface area contributed by atoms with E-state index < -0.39 is 11.4 Å². The lowest BCUT2D eigenvalue weighted by Crippen LogP contribution is -2.31. The molecule has 1 rings (SSSR count). The van der Waals surface area contributed by atoms with Gasteiger partial charge in [-0.2, -0.15) is 0 Å². The van der Waals surface area contributed by atoms with Gasteiger partial charge in [-0.1, -0.05) is 20.8 Å². The van der Waals surface area contributed by atoms with E-state index in [4.69, 9.17) is 5.11 Å². The molecule has 1 aromatic rings. The zero-order valence-corrected chi connectivity index (χ0v) is 11.0. The van der Waals surface area contributed by atoms with Gasteiger partial charge in [-0.05, 0) is 30.2 Å². The summed E-state index contributed by atoms with van der Waals surface area (Å²) in [5.74, 6) is 0.507. The minimum atomic E-state index is -0.874. The highest BCUT2D eigenvalue weighted by Crippen LogP contribution is 2.24. The van der Waals surface area contributed by atoms with Crippen molar-refractivity contribution >= 4 is 5.97 Å². The van der Waals surface area contributed by atoms with Gasteiger partial charge in [0.2, 0.25) is 0 Å². The van der Waals surface area contributed by atoms with Crippen molar-refractivity contribution in [1.82, 2.24) is 20.2 Å². The van der Waals surface area contributed by atoms with E-state index in [0.29, 0.717) is 5.92 Å². The first-order valence-electron chi connectivity index (χ1n) is 5.75. The number of carboxylic acids is 1. The fourth-order valence-corrected chi connectivity index (χ4v) is 1.39. The second-order valence-electron chi connectivity index (χ2n) is 5.42. The van der Waals surface area contributed by atoms with Gasteiger partial charge in [-0.15, -0.1) is 5.10 Å². The van der Waals surface area contributed by atoms with E-state index in [1.165, 1.54) is 0 Å². The SMILES string of the molecule is CC(C)C(C)c1nnnn1CC(C)(C)C(=O)O. The Hall–Kier alpha value is -1.46. The molecule has 0 amide bonds. The molecule has 6 nitrogen and oxygen atoms in total. The summed E-state index contributed by atoms with van der Waals surface area (Å²) in [6.45, 7) is 9.84. The zero-order valence-electron chi connectivity index (χ0n) is 11.0. The number of aliphatic carboxylic acids is 1. The maximum Gasteiger partial charge on any atom is 0.310 e. The van der Waals surface area contributed by atoms with Crippen LogP contribution in [0.5, 0.6) is 0 Å². The van der Waals surface area contributed by atoms with Crippen LogP contribution in [0.25, 0.3) is 0 Å². The monoisotopic (exact) mass is 240 g/mol. The van der Waals surface area contributed by atoms with Crippen LogP contribution in [0.2, 0.25) is 0 Å². The fraction of sp³-hybridized carbons (Fsp3) is 0.818. The molecule has 0 aliphatic heterocycles. The summed E-state index contributed by atoms with van der Waals surface area (Å²) in [4.78, 5) is 11.1. The van der Waals surface area contributed by atoms with Crippen molar-refractivity contribution in [2.24, 2.45) is 11.3 Å². The molecule has 0 radical (unpaired) electrons. The maximum absolute atomic E-state index is 11.1. The molecule has 1 atom stereocenters. The van der Waals surface area contributed by atoms with Crippen LogP contribution in [-0.2, 0) is 11.3 Å². The van der Waals surface area contributed by atoms with Crippen LogP contribution in [0.4, 0.5) is 0 Å². The lowest BCUT2D eigenvalue weighted by molar-refractivity contribution is -0.147. The minimum Gasteiger partial charge on any atom is -0.481 e. The summed E-state index contributed by atoms with van der Waals surface area (Å²) in [7, 11) is 0. The Morgan fingerprint density at radius 2 is 2.00 bits per heavy atom. The van der Waals surface area contributed by atoms with Crippen molar-refractivity contribution in [3.05, 3.63) is 5.82 Å². The van der Waals surface area contributed by atoms with Crippen molar-refractivity contribution in [2.75, 3.05) is 0 Å². The molecule has 6 heteroatoms. The van der Waals surface area contributed by atoms with Crippen LogP contribution < -0.4 is 0 Å². The lowest BCUT2D eigenvalue weighted by Gasteiger charge is -2.21. The van der Waals surface area contributed by atoms with Gasteiger partial charge >= 0.3 is 5.97 Å². The third-order valence-electron chi connectivity index (χ3n) is 3.09. The number of rotatable bonds is 5. The first-order chi connectivity index (χ1) is 7.75. The Morgan fingerprint density at radius 3 is 2.47 bits per heavy atom. The van der Waals surface area contributed by atoms with Crippen molar-refractivity contribution in [3.8, 4) is 0 Å². The van der Waals surface area contributed by atoms with Crippen LogP contribution in [0.15, 0.2) is 0 Å². The van der Waals surface area contributed by atoms with E-state index in [-0.39, 0.29) is 12.5 Å². The number of tetrazole rings is 1. The highest BCUT2D eigenvalue weighted by Gasteiger charge is 2.30. The largest absolute Gasteiger partial charge is 0.481 e.